The Labute approximate surface area is 131 Å². The number of nitrogens with one attached hydrogen (secondary N) is 1. The number of piperazine rings is 1. The lowest BCUT2D eigenvalue weighted by Crippen LogP contribution is -2.66. The van der Waals surface area contributed by atoms with Crippen molar-refractivity contribution in [2.24, 2.45) is 23.7 Å². The third-order valence-electron chi connectivity index (χ3n) is 7.61. The van der Waals surface area contributed by atoms with E-state index in [2.05, 4.69) is 31.0 Å². The summed E-state index contributed by atoms with van der Waals surface area (Å²) in [6, 6.07) is 1.58. The zero-order valence-corrected chi connectivity index (χ0v) is 14.3. The first-order valence-corrected chi connectivity index (χ1v) is 9.61. The van der Waals surface area contributed by atoms with Crippen molar-refractivity contribution in [1.29, 1.82) is 0 Å². The van der Waals surface area contributed by atoms with E-state index in [9.17, 15) is 0 Å². The largest absolute Gasteiger partial charge is 0.308 e. The zero-order valence-electron chi connectivity index (χ0n) is 14.3. The minimum atomic E-state index is 0.400. The van der Waals surface area contributed by atoms with Crippen molar-refractivity contribution >= 4 is 0 Å². The molecule has 21 heavy (non-hydrogen) atoms. The molecule has 2 heteroatoms. The Hall–Kier alpha value is -0.0800. The molecular formula is C19H34N2. The Balaban J connectivity index is 1.49. The van der Waals surface area contributed by atoms with Gasteiger partial charge in [-0.05, 0) is 76.0 Å². The first-order chi connectivity index (χ1) is 10.1. The Morgan fingerprint density at radius 2 is 2.00 bits per heavy atom. The van der Waals surface area contributed by atoms with Gasteiger partial charge in [-0.3, -0.25) is 4.90 Å². The van der Waals surface area contributed by atoms with Gasteiger partial charge in [-0.1, -0.05) is 13.3 Å². The summed E-state index contributed by atoms with van der Waals surface area (Å²) >= 11 is 0. The molecule has 0 radical (unpaired) electrons. The Bertz CT molecular complexity index is 391. The summed E-state index contributed by atoms with van der Waals surface area (Å²) in [7, 11) is 0. The van der Waals surface area contributed by atoms with Crippen molar-refractivity contribution in [2.45, 2.75) is 83.3 Å². The average molecular weight is 290 g/mol. The molecule has 4 fully saturated rings. The van der Waals surface area contributed by atoms with Gasteiger partial charge in [0.05, 0.1) is 0 Å². The number of rotatable bonds is 4. The van der Waals surface area contributed by atoms with Gasteiger partial charge >= 0.3 is 0 Å². The standard InChI is InChI=1S/C19H34N2/c1-4-17-11-20-19(3,16-7-8-16)12-21(17)13(2)18-10-14-5-6-15(18)9-14/h13-18,20H,4-12H2,1-3H3. The van der Waals surface area contributed by atoms with E-state index in [4.69, 9.17) is 0 Å². The highest BCUT2D eigenvalue weighted by Gasteiger charge is 2.49. The molecule has 1 heterocycles. The predicted molar refractivity (Wildman–Crippen MR) is 88.3 cm³/mol. The van der Waals surface area contributed by atoms with Crippen molar-refractivity contribution < 1.29 is 0 Å². The van der Waals surface area contributed by atoms with E-state index in [1.807, 2.05) is 0 Å². The molecule has 0 aromatic carbocycles. The third kappa shape index (κ3) is 2.47. The first kappa shape index (κ1) is 14.5. The van der Waals surface area contributed by atoms with Crippen LogP contribution in [0.2, 0.25) is 0 Å². The second kappa shape index (κ2) is 5.23. The van der Waals surface area contributed by atoms with Gasteiger partial charge in [-0.15, -0.1) is 0 Å². The number of nitrogens with zero attached hydrogens (tertiary/aromatic N) is 1. The highest BCUT2D eigenvalue weighted by molar-refractivity contribution is 5.06. The lowest BCUT2D eigenvalue weighted by Gasteiger charge is -2.51. The van der Waals surface area contributed by atoms with Crippen LogP contribution in [0.4, 0.5) is 0 Å². The smallest absolute Gasteiger partial charge is 0.0309 e. The van der Waals surface area contributed by atoms with Crippen LogP contribution in [0.1, 0.15) is 65.7 Å². The van der Waals surface area contributed by atoms with Crippen molar-refractivity contribution in [3.8, 4) is 0 Å². The molecule has 0 aromatic rings. The van der Waals surface area contributed by atoms with Crippen LogP contribution in [0.3, 0.4) is 0 Å². The van der Waals surface area contributed by atoms with Crippen LogP contribution in [-0.4, -0.2) is 35.6 Å². The van der Waals surface area contributed by atoms with Crippen molar-refractivity contribution in [2.75, 3.05) is 13.1 Å². The summed E-state index contributed by atoms with van der Waals surface area (Å²) in [5, 5.41) is 3.93. The summed E-state index contributed by atoms with van der Waals surface area (Å²) in [4.78, 5) is 2.93. The van der Waals surface area contributed by atoms with Crippen molar-refractivity contribution in [3.05, 3.63) is 0 Å². The summed E-state index contributed by atoms with van der Waals surface area (Å²) in [6.07, 6.45) is 10.4. The molecule has 6 atom stereocenters. The van der Waals surface area contributed by atoms with Gasteiger partial charge in [0.25, 0.3) is 0 Å². The molecule has 3 aliphatic carbocycles. The van der Waals surface area contributed by atoms with Gasteiger partial charge in [0.1, 0.15) is 0 Å². The van der Waals surface area contributed by atoms with E-state index in [0.717, 1.165) is 35.8 Å². The molecule has 120 valence electrons. The van der Waals surface area contributed by atoms with Crippen molar-refractivity contribution in [1.82, 2.24) is 10.2 Å². The molecule has 1 saturated heterocycles. The molecule has 0 amide bonds. The van der Waals surface area contributed by atoms with Gasteiger partial charge in [0.15, 0.2) is 0 Å². The van der Waals surface area contributed by atoms with Gasteiger partial charge < -0.3 is 5.32 Å². The second-order valence-corrected chi connectivity index (χ2v) is 8.89. The monoisotopic (exact) mass is 290 g/mol. The average Bonchev–Trinajstić information content (AvgIpc) is 3.16. The second-order valence-electron chi connectivity index (χ2n) is 8.89. The summed E-state index contributed by atoms with van der Waals surface area (Å²) in [6.45, 7) is 9.95. The summed E-state index contributed by atoms with van der Waals surface area (Å²) < 4.78 is 0. The molecule has 0 spiro atoms. The number of hydrogen-bond donors (Lipinski definition) is 1. The van der Waals surface area contributed by atoms with E-state index in [0.29, 0.717) is 5.54 Å². The lowest BCUT2D eigenvalue weighted by molar-refractivity contribution is 0.0103. The van der Waals surface area contributed by atoms with E-state index in [-0.39, 0.29) is 0 Å². The highest BCUT2D eigenvalue weighted by Crippen LogP contribution is 2.51. The Kier molecular flexibility index (Phi) is 3.61. The lowest BCUT2D eigenvalue weighted by atomic mass is 9.81. The normalized spacial score (nSPS) is 48.7. The van der Waals surface area contributed by atoms with Crippen LogP contribution >= 0.6 is 0 Å². The Morgan fingerprint density at radius 1 is 1.19 bits per heavy atom. The van der Waals surface area contributed by atoms with Gasteiger partial charge in [-0.25, -0.2) is 0 Å². The molecule has 4 aliphatic rings. The maximum atomic E-state index is 3.93. The SMILES string of the molecule is CCC1CNC(C)(C2CC2)CN1C(C)C1CC2CCC1C2. The van der Waals surface area contributed by atoms with Crippen LogP contribution in [-0.2, 0) is 0 Å². The molecule has 1 N–H and O–H groups in total. The maximum Gasteiger partial charge on any atom is 0.0309 e. The number of hydrogen-bond acceptors (Lipinski definition) is 2. The highest BCUT2D eigenvalue weighted by atomic mass is 15.3. The van der Waals surface area contributed by atoms with Gasteiger partial charge in [0, 0.05) is 30.7 Å². The van der Waals surface area contributed by atoms with Crippen LogP contribution in [0, 0.1) is 23.7 Å². The van der Waals surface area contributed by atoms with E-state index in [1.54, 1.807) is 6.42 Å². The summed E-state index contributed by atoms with van der Waals surface area (Å²) in [5.41, 5.74) is 0.400. The molecule has 2 nitrogen and oxygen atoms in total. The fourth-order valence-corrected chi connectivity index (χ4v) is 6.01. The molecule has 2 bridgehead atoms. The van der Waals surface area contributed by atoms with Crippen LogP contribution in [0.25, 0.3) is 0 Å². The minimum absolute atomic E-state index is 0.400. The molecule has 0 aromatic heterocycles. The van der Waals surface area contributed by atoms with Crippen LogP contribution in [0.15, 0.2) is 0 Å². The quantitative estimate of drug-likeness (QED) is 0.850. The predicted octanol–water partition coefficient (Wildman–Crippen LogP) is 3.66. The van der Waals surface area contributed by atoms with Gasteiger partial charge in [-0.2, -0.15) is 0 Å². The number of fused-ring (bicyclic) bond motifs is 2. The van der Waals surface area contributed by atoms with E-state index >= 15 is 0 Å². The Morgan fingerprint density at radius 3 is 2.57 bits per heavy atom. The van der Waals surface area contributed by atoms with Crippen LogP contribution < -0.4 is 5.32 Å². The topological polar surface area (TPSA) is 15.3 Å². The molecule has 1 aliphatic heterocycles. The minimum Gasteiger partial charge on any atom is -0.308 e. The zero-order chi connectivity index (χ0) is 14.6. The van der Waals surface area contributed by atoms with Crippen molar-refractivity contribution in [3.63, 3.8) is 0 Å². The van der Waals surface area contributed by atoms with Gasteiger partial charge in [0.2, 0.25) is 0 Å². The van der Waals surface area contributed by atoms with E-state index < -0.39 is 0 Å². The first-order valence-electron chi connectivity index (χ1n) is 9.61. The summed E-state index contributed by atoms with van der Waals surface area (Å²) in [5.74, 6) is 4.09. The fraction of sp³-hybridized carbons (Fsp3) is 1.00. The van der Waals surface area contributed by atoms with E-state index in [1.165, 1.54) is 51.6 Å². The molecule has 4 rings (SSSR count). The third-order valence-corrected chi connectivity index (χ3v) is 7.61. The fourth-order valence-electron chi connectivity index (χ4n) is 6.01. The molecular weight excluding hydrogens is 256 g/mol. The van der Waals surface area contributed by atoms with Crippen LogP contribution in [0.5, 0.6) is 0 Å². The molecule has 3 saturated carbocycles. The maximum absolute atomic E-state index is 3.93. The molecule has 6 unspecified atom stereocenters.